The molecule has 164 valence electrons. The largest absolute Gasteiger partial charge is 0.372 e. The molecule has 31 heavy (non-hydrogen) atoms. The maximum absolute atomic E-state index is 13.9. The Balaban J connectivity index is 2.10. The standard InChI is InChI=1S/C20H19F2N3O4S2/c1-3-25(4-2)16-10-8-14(9-11-16)23-24-15-12-18-17(20(13-15)31(22,28)29)6-5-7-19(18)30(21,26)27/h5-13H,3-4H2,1-2H3/b24-23+. The fourth-order valence-electron chi connectivity index (χ4n) is 3.22. The molecule has 0 atom stereocenters. The zero-order valence-corrected chi connectivity index (χ0v) is 18.3. The Morgan fingerprint density at radius 2 is 1.32 bits per heavy atom. The molecule has 0 spiro atoms. The highest BCUT2D eigenvalue weighted by Gasteiger charge is 2.23. The summed E-state index contributed by atoms with van der Waals surface area (Å²) in [7, 11) is -10.4. The maximum Gasteiger partial charge on any atom is 0.332 e. The molecule has 0 aliphatic heterocycles. The van der Waals surface area contributed by atoms with E-state index in [0.717, 1.165) is 43.0 Å². The van der Waals surface area contributed by atoms with Crippen LogP contribution in [-0.2, 0) is 20.4 Å². The van der Waals surface area contributed by atoms with Crippen LogP contribution >= 0.6 is 0 Å². The molecule has 0 amide bonds. The molecule has 3 aromatic rings. The van der Waals surface area contributed by atoms with E-state index in [0.29, 0.717) is 5.69 Å². The molecule has 0 aliphatic rings. The van der Waals surface area contributed by atoms with Crippen molar-refractivity contribution in [2.45, 2.75) is 23.6 Å². The molecule has 11 heteroatoms. The van der Waals surface area contributed by atoms with Crippen LogP contribution in [0, 0.1) is 0 Å². The van der Waals surface area contributed by atoms with Gasteiger partial charge in [-0.2, -0.15) is 27.1 Å². The van der Waals surface area contributed by atoms with E-state index >= 15 is 0 Å². The van der Waals surface area contributed by atoms with Gasteiger partial charge < -0.3 is 4.90 Å². The Labute approximate surface area is 179 Å². The van der Waals surface area contributed by atoms with Gasteiger partial charge in [-0.25, -0.2) is 0 Å². The number of anilines is 1. The van der Waals surface area contributed by atoms with E-state index in [1.807, 2.05) is 26.0 Å². The summed E-state index contributed by atoms with van der Waals surface area (Å²) in [6.07, 6.45) is 0. The van der Waals surface area contributed by atoms with Gasteiger partial charge in [0.05, 0.1) is 11.4 Å². The molecule has 7 nitrogen and oxygen atoms in total. The van der Waals surface area contributed by atoms with Crippen LogP contribution in [0.3, 0.4) is 0 Å². The lowest BCUT2D eigenvalue weighted by Crippen LogP contribution is -2.21. The predicted molar refractivity (Wildman–Crippen MR) is 115 cm³/mol. The number of nitrogens with zero attached hydrogens (tertiary/aromatic N) is 3. The first-order valence-corrected chi connectivity index (χ1v) is 12.0. The van der Waals surface area contributed by atoms with Crippen molar-refractivity contribution in [2.24, 2.45) is 10.2 Å². The van der Waals surface area contributed by atoms with Crippen molar-refractivity contribution in [3.05, 3.63) is 54.6 Å². The fourth-order valence-corrected chi connectivity index (χ4v) is 4.59. The summed E-state index contributed by atoms with van der Waals surface area (Å²) in [5, 5.41) is 7.31. The number of hydrogen-bond donors (Lipinski definition) is 0. The molecule has 0 unspecified atom stereocenters. The molecule has 0 saturated carbocycles. The summed E-state index contributed by atoms with van der Waals surface area (Å²) in [5.41, 5.74) is 1.28. The van der Waals surface area contributed by atoms with Gasteiger partial charge in [-0.05, 0) is 56.3 Å². The first-order chi connectivity index (χ1) is 14.5. The third-order valence-electron chi connectivity index (χ3n) is 4.69. The first-order valence-electron chi connectivity index (χ1n) is 9.27. The molecule has 0 radical (unpaired) electrons. The normalized spacial score (nSPS) is 12.5. The van der Waals surface area contributed by atoms with Gasteiger partial charge in [0.1, 0.15) is 9.79 Å². The fraction of sp³-hybridized carbons (Fsp3) is 0.200. The quantitative estimate of drug-likeness (QED) is 0.342. The Morgan fingerprint density at radius 1 is 0.742 bits per heavy atom. The Kier molecular flexibility index (Phi) is 6.37. The Morgan fingerprint density at radius 3 is 1.87 bits per heavy atom. The summed E-state index contributed by atoms with van der Waals surface area (Å²) in [6, 6.07) is 12.4. The molecule has 0 heterocycles. The van der Waals surface area contributed by atoms with E-state index in [2.05, 4.69) is 15.1 Å². The number of hydrogen-bond acceptors (Lipinski definition) is 7. The lowest BCUT2D eigenvalue weighted by atomic mass is 10.1. The summed E-state index contributed by atoms with van der Waals surface area (Å²) < 4.78 is 73.7. The maximum atomic E-state index is 13.9. The van der Waals surface area contributed by atoms with Crippen LogP contribution in [0.25, 0.3) is 10.8 Å². The van der Waals surface area contributed by atoms with E-state index in [4.69, 9.17) is 0 Å². The third-order valence-corrected chi connectivity index (χ3v) is 6.43. The second-order valence-electron chi connectivity index (χ2n) is 6.56. The molecule has 0 bridgehead atoms. The monoisotopic (exact) mass is 467 g/mol. The summed E-state index contributed by atoms with van der Waals surface area (Å²) in [5.74, 6) is 0. The second kappa shape index (κ2) is 8.67. The van der Waals surface area contributed by atoms with Gasteiger partial charge in [0, 0.05) is 29.5 Å². The summed E-state index contributed by atoms with van der Waals surface area (Å²) >= 11 is 0. The van der Waals surface area contributed by atoms with Crippen LogP contribution in [0.15, 0.2) is 74.6 Å². The first kappa shape index (κ1) is 22.8. The SMILES string of the molecule is CCN(CC)c1ccc(/N=N/c2cc(S(=O)(=O)F)c3cccc(S(=O)(=O)F)c3c2)cc1. The van der Waals surface area contributed by atoms with Crippen molar-refractivity contribution >= 4 is 48.3 Å². The highest BCUT2D eigenvalue weighted by Crippen LogP contribution is 2.35. The van der Waals surface area contributed by atoms with E-state index in [9.17, 15) is 24.6 Å². The van der Waals surface area contributed by atoms with E-state index < -0.39 is 30.2 Å². The van der Waals surface area contributed by atoms with Gasteiger partial charge in [0.2, 0.25) is 0 Å². The Hall–Kier alpha value is -2.92. The molecule has 0 aromatic heterocycles. The number of fused-ring (bicyclic) bond motifs is 1. The van der Waals surface area contributed by atoms with E-state index in [1.165, 1.54) is 6.07 Å². The molecular formula is C20H19F2N3O4S2. The van der Waals surface area contributed by atoms with Gasteiger partial charge in [-0.3, -0.25) is 0 Å². The number of benzene rings is 3. The number of azo groups is 1. The minimum absolute atomic E-state index is 0.146. The Bertz CT molecular complexity index is 1350. The minimum atomic E-state index is -5.24. The van der Waals surface area contributed by atoms with Crippen LogP contribution in [0.2, 0.25) is 0 Å². The minimum Gasteiger partial charge on any atom is -0.372 e. The van der Waals surface area contributed by atoms with Crippen molar-refractivity contribution < 1.29 is 24.6 Å². The van der Waals surface area contributed by atoms with Gasteiger partial charge in [-0.1, -0.05) is 12.1 Å². The van der Waals surface area contributed by atoms with Gasteiger partial charge in [-0.15, -0.1) is 7.77 Å². The third kappa shape index (κ3) is 5.05. The lowest BCUT2D eigenvalue weighted by Gasteiger charge is -2.20. The van der Waals surface area contributed by atoms with E-state index in [-0.39, 0.29) is 16.5 Å². The number of halogens is 2. The molecule has 0 fully saturated rings. The smallest absolute Gasteiger partial charge is 0.332 e. The van der Waals surface area contributed by atoms with Crippen LogP contribution in [0.4, 0.5) is 24.8 Å². The zero-order valence-electron chi connectivity index (χ0n) is 16.7. The topological polar surface area (TPSA) is 96.2 Å². The van der Waals surface area contributed by atoms with Crippen LogP contribution in [0.1, 0.15) is 13.8 Å². The average Bonchev–Trinajstić information content (AvgIpc) is 2.71. The molecule has 0 saturated heterocycles. The zero-order chi connectivity index (χ0) is 22.8. The van der Waals surface area contributed by atoms with Crippen LogP contribution in [-0.4, -0.2) is 29.9 Å². The molecule has 3 rings (SSSR count). The lowest BCUT2D eigenvalue weighted by molar-refractivity contribution is 0.550. The molecule has 0 N–H and O–H groups in total. The van der Waals surface area contributed by atoms with Crippen molar-refractivity contribution in [3.63, 3.8) is 0 Å². The summed E-state index contributed by atoms with van der Waals surface area (Å²) in [4.78, 5) is 0.526. The van der Waals surface area contributed by atoms with Crippen molar-refractivity contribution in [1.82, 2.24) is 0 Å². The van der Waals surface area contributed by atoms with Crippen molar-refractivity contribution in [2.75, 3.05) is 18.0 Å². The van der Waals surface area contributed by atoms with Gasteiger partial charge in [0.15, 0.2) is 0 Å². The van der Waals surface area contributed by atoms with Crippen molar-refractivity contribution in [1.29, 1.82) is 0 Å². The molecule has 0 aliphatic carbocycles. The molecular weight excluding hydrogens is 448 g/mol. The van der Waals surface area contributed by atoms with Crippen LogP contribution < -0.4 is 4.90 Å². The second-order valence-corrected chi connectivity index (χ2v) is 9.19. The van der Waals surface area contributed by atoms with Crippen molar-refractivity contribution in [3.8, 4) is 0 Å². The highest BCUT2D eigenvalue weighted by atomic mass is 32.3. The summed E-state index contributed by atoms with van der Waals surface area (Å²) in [6.45, 7) is 5.71. The van der Waals surface area contributed by atoms with Crippen LogP contribution in [0.5, 0.6) is 0 Å². The predicted octanol–water partition coefficient (Wildman–Crippen LogP) is 5.42. The average molecular weight is 468 g/mol. The van der Waals surface area contributed by atoms with Gasteiger partial charge >= 0.3 is 20.4 Å². The highest BCUT2D eigenvalue weighted by molar-refractivity contribution is 7.87. The number of rotatable bonds is 7. The molecule has 3 aromatic carbocycles. The van der Waals surface area contributed by atoms with E-state index in [1.54, 1.807) is 12.1 Å². The van der Waals surface area contributed by atoms with Gasteiger partial charge in [0.25, 0.3) is 0 Å².